The molecular formula is C21H28N3OS+. The minimum absolute atomic E-state index is 0.185. The van der Waals surface area contributed by atoms with Crippen molar-refractivity contribution in [2.24, 2.45) is 0 Å². The van der Waals surface area contributed by atoms with Crippen LogP contribution in [0, 0.1) is 0 Å². The highest BCUT2D eigenvalue weighted by Gasteiger charge is 2.23. The van der Waals surface area contributed by atoms with Crippen LogP contribution in [0.25, 0.3) is 0 Å². The summed E-state index contributed by atoms with van der Waals surface area (Å²) in [6, 6.07) is 19.0. The van der Waals surface area contributed by atoms with Crippen molar-refractivity contribution in [2.75, 3.05) is 31.6 Å². The number of quaternary nitrogens is 1. The lowest BCUT2D eigenvalue weighted by atomic mass is 10.1. The molecule has 3 rings (SSSR count). The Morgan fingerprint density at radius 1 is 1.12 bits per heavy atom. The Morgan fingerprint density at radius 3 is 2.62 bits per heavy atom. The summed E-state index contributed by atoms with van der Waals surface area (Å²) >= 11 is 5.42. The summed E-state index contributed by atoms with van der Waals surface area (Å²) in [5.74, 6) is 0. The van der Waals surface area contributed by atoms with E-state index < -0.39 is 0 Å². The summed E-state index contributed by atoms with van der Waals surface area (Å²) in [7, 11) is 0. The number of rotatable bonds is 6. The highest BCUT2D eigenvalue weighted by atomic mass is 32.1. The zero-order valence-corrected chi connectivity index (χ0v) is 16.1. The van der Waals surface area contributed by atoms with Crippen LogP contribution in [0.1, 0.15) is 18.1 Å². The summed E-state index contributed by atoms with van der Waals surface area (Å²) in [5, 5.41) is 7.18. The second-order valence-electron chi connectivity index (χ2n) is 6.74. The fraction of sp³-hybridized carbons (Fsp3) is 0.381. The van der Waals surface area contributed by atoms with E-state index >= 15 is 0 Å². The second kappa shape index (κ2) is 9.67. The van der Waals surface area contributed by atoms with Crippen molar-refractivity contribution < 1.29 is 9.64 Å². The average molecular weight is 371 g/mol. The van der Waals surface area contributed by atoms with Gasteiger partial charge in [-0.15, -0.1) is 0 Å². The topological polar surface area (TPSA) is 37.7 Å². The van der Waals surface area contributed by atoms with E-state index in [1.807, 2.05) is 0 Å². The van der Waals surface area contributed by atoms with Crippen LogP contribution in [0.4, 0.5) is 5.69 Å². The lowest BCUT2D eigenvalue weighted by Crippen LogP contribution is -3.13. The van der Waals surface area contributed by atoms with Crippen LogP contribution < -0.4 is 15.5 Å². The summed E-state index contributed by atoms with van der Waals surface area (Å²) in [4.78, 5) is 1.56. The molecule has 2 aromatic carbocycles. The summed E-state index contributed by atoms with van der Waals surface area (Å²) in [6.07, 6.45) is 1.23. The number of aryl methyl sites for hydroxylation is 1. The molecule has 1 fully saturated rings. The average Bonchev–Trinajstić information content (AvgIpc) is 2.68. The smallest absolute Gasteiger partial charge is 0.170 e. The molecule has 0 aliphatic carbocycles. The molecule has 3 N–H and O–H groups in total. The van der Waals surface area contributed by atoms with Gasteiger partial charge in [0.2, 0.25) is 0 Å². The summed E-state index contributed by atoms with van der Waals surface area (Å²) in [6.45, 7) is 6.78. The second-order valence-corrected chi connectivity index (χ2v) is 7.15. The van der Waals surface area contributed by atoms with Crippen LogP contribution in [0.15, 0.2) is 54.6 Å². The van der Waals surface area contributed by atoms with Gasteiger partial charge in [0, 0.05) is 17.8 Å². The van der Waals surface area contributed by atoms with E-state index in [1.54, 1.807) is 4.90 Å². The van der Waals surface area contributed by atoms with Gasteiger partial charge in [-0.3, -0.25) is 0 Å². The fourth-order valence-corrected chi connectivity index (χ4v) is 3.44. The maximum absolute atomic E-state index is 5.91. The van der Waals surface area contributed by atoms with Crippen molar-refractivity contribution in [3.8, 4) is 0 Å². The van der Waals surface area contributed by atoms with Gasteiger partial charge in [-0.25, -0.2) is 0 Å². The first-order valence-corrected chi connectivity index (χ1v) is 9.76. The highest BCUT2D eigenvalue weighted by molar-refractivity contribution is 7.80. The van der Waals surface area contributed by atoms with Gasteiger partial charge >= 0.3 is 0 Å². The van der Waals surface area contributed by atoms with Crippen LogP contribution in [0.2, 0.25) is 0 Å². The van der Waals surface area contributed by atoms with Gasteiger partial charge in [0.15, 0.2) is 5.11 Å². The number of thiocarbonyl (C=S) groups is 1. The highest BCUT2D eigenvalue weighted by Crippen LogP contribution is 2.09. The molecule has 0 bridgehead atoms. The standard InChI is InChI=1S/C21H27N3OS/c1-2-17-8-10-19(11-9-17)23-21(26)22-14-20-16-24(12-13-25-20)15-18-6-4-3-5-7-18/h3-11,20H,2,12-16H2,1H3,(H2,22,23,26)/p+1/t20-/m0/s1. The van der Waals surface area contributed by atoms with Gasteiger partial charge in [-0.05, 0) is 36.3 Å². The molecule has 1 aliphatic rings. The SMILES string of the molecule is CCc1ccc(NC(=S)NC[C@H]2C[NH+](Cc3ccccc3)CCO2)cc1. The van der Waals surface area contributed by atoms with E-state index in [-0.39, 0.29) is 6.10 Å². The van der Waals surface area contributed by atoms with Crippen molar-refractivity contribution in [3.63, 3.8) is 0 Å². The van der Waals surface area contributed by atoms with Gasteiger partial charge < -0.3 is 20.3 Å². The first-order valence-electron chi connectivity index (χ1n) is 9.36. The molecule has 0 saturated carbocycles. The number of hydrogen-bond donors (Lipinski definition) is 3. The van der Waals surface area contributed by atoms with Crippen LogP contribution in [0.3, 0.4) is 0 Å². The number of benzene rings is 2. The van der Waals surface area contributed by atoms with Crippen molar-refractivity contribution >= 4 is 23.0 Å². The van der Waals surface area contributed by atoms with Gasteiger partial charge in [0.05, 0.1) is 6.61 Å². The molecular weight excluding hydrogens is 342 g/mol. The minimum atomic E-state index is 0.185. The Balaban J connectivity index is 1.42. The number of nitrogens with one attached hydrogen (secondary N) is 3. The molecule has 5 heteroatoms. The van der Waals surface area contributed by atoms with Crippen LogP contribution >= 0.6 is 12.2 Å². The third-order valence-corrected chi connectivity index (χ3v) is 4.98. The Kier molecular flexibility index (Phi) is 7.00. The van der Waals surface area contributed by atoms with Crippen LogP contribution in [0.5, 0.6) is 0 Å². The van der Waals surface area contributed by atoms with Crippen molar-refractivity contribution in [3.05, 3.63) is 65.7 Å². The normalized spacial score (nSPS) is 19.7. The summed E-state index contributed by atoms with van der Waals surface area (Å²) in [5.41, 5.74) is 3.72. The number of morpholine rings is 1. The van der Waals surface area contributed by atoms with E-state index in [0.29, 0.717) is 5.11 Å². The van der Waals surface area contributed by atoms with Gasteiger partial charge in [-0.2, -0.15) is 0 Å². The third kappa shape index (κ3) is 5.80. The quantitative estimate of drug-likeness (QED) is 0.680. The minimum Gasteiger partial charge on any atom is -0.365 e. The van der Waals surface area contributed by atoms with E-state index in [9.17, 15) is 0 Å². The molecule has 26 heavy (non-hydrogen) atoms. The van der Waals surface area contributed by atoms with E-state index in [2.05, 4.69) is 72.2 Å². The molecule has 0 radical (unpaired) electrons. The Morgan fingerprint density at radius 2 is 1.88 bits per heavy atom. The largest absolute Gasteiger partial charge is 0.365 e. The van der Waals surface area contributed by atoms with Crippen molar-refractivity contribution in [1.82, 2.24) is 5.32 Å². The molecule has 1 unspecified atom stereocenters. The first kappa shape index (κ1) is 18.8. The molecule has 4 nitrogen and oxygen atoms in total. The Labute approximate surface area is 161 Å². The fourth-order valence-electron chi connectivity index (χ4n) is 3.23. The van der Waals surface area contributed by atoms with E-state index in [4.69, 9.17) is 17.0 Å². The maximum Gasteiger partial charge on any atom is 0.170 e. The molecule has 1 heterocycles. The van der Waals surface area contributed by atoms with Crippen LogP contribution in [-0.4, -0.2) is 37.5 Å². The van der Waals surface area contributed by atoms with Crippen molar-refractivity contribution in [2.45, 2.75) is 26.0 Å². The molecule has 138 valence electrons. The number of hydrogen-bond acceptors (Lipinski definition) is 2. The number of anilines is 1. The number of ether oxygens (including phenoxy) is 1. The molecule has 1 aliphatic heterocycles. The lowest BCUT2D eigenvalue weighted by Gasteiger charge is -2.30. The summed E-state index contributed by atoms with van der Waals surface area (Å²) < 4.78 is 5.91. The maximum atomic E-state index is 5.91. The predicted octanol–water partition coefficient (Wildman–Crippen LogP) is 2.02. The van der Waals surface area contributed by atoms with Gasteiger partial charge in [0.1, 0.15) is 25.7 Å². The zero-order chi connectivity index (χ0) is 18.2. The van der Waals surface area contributed by atoms with E-state index in [0.717, 1.165) is 44.9 Å². The molecule has 1 saturated heterocycles. The Hall–Kier alpha value is -1.95. The molecule has 0 amide bonds. The molecule has 2 aromatic rings. The monoisotopic (exact) mass is 370 g/mol. The van der Waals surface area contributed by atoms with Gasteiger partial charge in [-0.1, -0.05) is 49.4 Å². The predicted molar refractivity (Wildman–Crippen MR) is 111 cm³/mol. The zero-order valence-electron chi connectivity index (χ0n) is 15.3. The lowest BCUT2D eigenvalue weighted by molar-refractivity contribution is -0.925. The van der Waals surface area contributed by atoms with Crippen molar-refractivity contribution in [1.29, 1.82) is 0 Å². The van der Waals surface area contributed by atoms with Gasteiger partial charge in [0.25, 0.3) is 0 Å². The molecule has 2 atom stereocenters. The molecule has 0 spiro atoms. The van der Waals surface area contributed by atoms with E-state index in [1.165, 1.54) is 11.1 Å². The Bertz CT molecular complexity index is 690. The third-order valence-electron chi connectivity index (χ3n) is 4.73. The first-order chi connectivity index (χ1) is 12.7. The molecule has 0 aromatic heterocycles. The van der Waals surface area contributed by atoms with Crippen LogP contribution in [-0.2, 0) is 17.7 Å².